The third kappa shape index (κ3) is 1.45. The minimum absolute atomic E-state index is 0.0301. The highest BCUT2D eigenvalue weighted by molar-refractivity contribution is 5.81. The molecule has 3 nitrogen and oxygen atoms in total. The molecular weight excluding hydrogens is 207 g/mol. The average molecular weight is 215 g/mol. The summed E-state index contributed by atoms with van der Waals surface area (Å²) in [6.07, 6.45) is -4.37. The Morgan fingerprint density at radius 1 is 1.27 bits per heavy atom. The maximum atomic E-state index is 12.6. The molecular formula is C9H8F3N3. The molecule has 0 saturated carbocycles. The van der Waals surface area contributed by atoms with Crippen LogP contribution >= 0.6 is 0 Å². The van der Waals surface area contributed by atoms with Crippen molar-refractivity contribution in [3.63, 3.8) is 0 Å². The highest BCUT2D eigenvalue weighted by atomic mass is 19.4. The van der Waals surface area contributed by atoms with Crippen LogP contribution in [0, 0.1) is 6.92 Å². The molecule has 0 aliphatic heterocycles. The first kappa shape index (κ1) is 9.95. The lowest BCUT2D eigenvalue weighted by Gasteiger charge is -2.08. The summed E-state index contributed by atoms with van der Waals surface area (Å²) < 4.78 is 39.1. The topological polar surface area (TPSA) is 30.7 Å². The van der Waals surface area contributed by atoms with E-state index in [1.807, 2.05) is 0 Å². The Morgan fingerprint density at radius 2 is 1.93 bits per heavy atom. The molecule has 15 heavy (non-hydrogen) atoms. The standard InChI is InChI=1S/C9H8F3N3/c1-5-3-4-6(9(10,11)12)8-7(5)13-14-15(8)2/h3-4H,1-2H3. The van der Waals surface area contributed by atoms with E-state index < -0.39 is 11.7 Å². The van der Waals surface area contributed by atoms with Crippen molar-refractivity contribution in [2.24, 2.45) is 7.05 Å². The Bertz CT molecular complexity index is 513. The summed E-state index contributed by atoms with van der Waals surface area (Å²) in [5.74, 6) is 0. The Kier molecular flexibility index (Phi) is 1.95. The van der Waals surface area contributed by atoms with Crippen LogP contribution in [0.5, 0.6) is 0 Å². The molecule has 0 unspecified atom stereocenters. The minimum Gasteiger partial charge on any atom is -0.247 e. The zero-order valence-corrected chi connectivity index (χ0v) is 8.13. The monoisotopic (exact) mass is 215 g/mol. The van der Waals surface area contributed by atoms with Crippen molar-refractivity contribution in [1.29, 1.82) is 0 Å². The number of hydrogen-bond donors (Lipinski definition) is 0. The molecule has 2 rings (SSSR count). The molecule has 0 radical (unpaired) electrons. The number of aryl methyl sites for hydroxylation is 2. The largest absolute Gasteiger partial charge is 0.418 e. The number of benzene rings is 1. The van der Waals surface area contributed by atoms with Gasteiger partial charge in [0.2, 0.25) is 0 Å². The second-order valence-electron chi connectivity index (χ2n) is 3.34. The van der Waals surface area contributed by atoms with Crippen LogP contribution in [-0.4, -0.2) is 15.0 Å². The Hall–Kier alpha value is -1.59. The number of rotatable bonds is 0. The first-order valence-corrected chi connectivity index (χ1v) is 4.27. The van der Waals surface area contributed by atoms with Gasteiger partial charge in [0, 0.05) is 7.05 Å². The van der Waals surface area contributed by atoms with Gasteiger partial charge in [-0.25, -0.2) is 4.68 Å². The average Bonchev–Trinajstić information content (AvgIpc) is 2.48. The summed E-state index contributed by atoms with van der Waals surface area (Å²) >= 11 is 0. The number of fused-ring (bicyclic) bond motifs is 1. The van der Waals surface area contributed by atoms with Gasteiger partial charge in [0.1, 0.15) is 11.0 Å². The van der Waals surface area contributed by atoms with E-state index in [4.69, 9.17) is 0 Å². The van der Waals surface area contributed by atoms with Gasteiger partial charge in [0.05, 0.1) is 5.56 Å². The number of alkyl halides is 3. The van der Waals surface area contributed by atoms with Crippen molar-refractivity contribution in [3.8, 4) is 0 Å². The van der Waals surface area contributed by atoms with E-state index in [1.165, 1.54) is 13.1 Å². The maximum absolute atomic E-state index is 12.6. The Balaban J connectivity index is 2.87. The molecule has 80 valence electrons. The smallest absolute Gasteiger partial charge is 0.247 e. The molecule has 0 N–H and O–H groups in total. The quantitative estimate of drug-likeness (QED) is 0.675. The van der Waals surface area contributed by atoms with Gasteiger partial charge in [-0.05, 0) is 18.6 Å². The highest BCUT2D eigenvalue weighted by Gasteiger charge is 2.34. The SMILES string of the molecule is Cc1ccc(C(F)(F)F)c2c1nnn2C. The third-order valence-corrected chi connectivity index (χ3v) is 2.26. The van der Waals surface area contributed by atoms with E-state index in [9.17, 15) is 13.2 Å². The number of hydrogen-bond acceptors (Lipinski definition) is 2. The van der Waals surface area contributed by atoms with Crippen LogP contribution < -0.4 is 0 Å². The number of nitrogens with zero attached hydrogens (tertiary/aromatic N) is 3. The summed E-state index contributed by atoms with van der Waals surface area (Å²) in [6.45, 7) is 1.71. The van der Waals surface area contributed by atoms with E-state index in [2.05, 4.69) is 10.3 Å². The number of halogens is 3. The van der Waals surface area contributed by atoms with Gasteiger partial charge in [-0.3, -0.25) is 0 Å². The molecule has 0 atom stereocenters. The lowest BCUT2D eigenvalue weighted by atomic mass is 10.1. The van der Waals surface area contributed by atoms with Gasteiger partial charge >= 0.3 is 6.18 Å². The molecule has 0 aliphatic rings. The fourth-order valence-electron chi connectivity index (χ4n) is 1.52. The lowest BCUT2D eigenvalue weighted by molar-refractivity contribution is -0.136. The second-order valence-corrected chi connectivity index (χ2v) is 3.34. The summed E-state index contributed by atoms with van der Waals surface area (Å²) in [6, 6.07) is 2.46. The molecule has 6 heteroatoms. The van der Waals surface area contributed by atoms with Gasteiger partial charge in [-0.2, -0.15) is 13.2 Å². The first-order valence-electron chi connectivity index (χ1n) is 4.27. The lowest BCUT2D eigenvalue weighted by Crippen LogP contribution is -2.08. The zero-order valence-electron chi connectivity index (χ0n) is 8.13. The third-order valence-electron chi connectivity index (χ3n) is 2.26. The Morgan fingerprint density at radius 3 is 2.53 bits per heavy atom. The molecule has 0 saturated heterocycles. The first-order chi connectivity index (χ1) is 6.91. The highest BCUT2D eigenvalue weighted by Crippen LogP contribution is 2.34. The fraction of sp³-hybridized carbons (Fsp3) is 0.333. The normalized spacial score (nSPS) is 12.3. The molecule has 0 amide bonds. The zero-order chi connectivity index (χ0) is 11.2. The van der Waals surface area contributed by atoms with Crippen LogP contribution in [0.3, 0.4) is 0 Å². The molecule has 0 aliphatic carbocycles. The summed E-state index contributed by atoms with van der Waals surface area (Å²) in [5, 5.41) is 7.30. The van der Waals surface area contributed by atoms with E-state index >= 15 is 0 Å². The minimum atomic E-state index is -4.37. The van der Waals surface area contributed by atoms with Crippen molar-refractivity contribution >= 4 is 11.0 Å². The molecule has 0 bridgehead atoms. The molecule has 1 aromatic heterocycles. The second kappa shape index (κ2) is 2.95. The maximum Gasteiger partial charge on any atom is 0.418 e. The van der Waals surface area contributed by atoms with Gasteiger partial charge in [0.25, 0.3) is 0 Å². The van der Waals surface area contributed by atoms with E-state index in [1.54, 1.807) is 6.92 Å². The van der Waals surface area contributed by atoms with Crippen molar-refractivity contribution in [2.75, 3.05) is 0 Å². The number of aromatic nitrogens is 3. The van der Waals surface area contributed by atoms with Crippen molar-refractivity contribution in [2.45, 2.75) is 13.1 Å². The van der Waals surface area contributed by atoms with Crippen LogP contribution in [0.4, 0.5) is 13.2 Å². The van der Waals surface area contributed by atoms with Gasteiger partial charge < -0.3 is 0 Å². The van der Waals surface area contributed by atoms with Crippen LogP contribution in [0.15, 0.2) is 12.1 Å². The molecule has 0 spiro atoms. The van der Waals surface area contributed by atoms with E-state index in [-0.39, 0.29) is 5.52 Å². The van der Waals surface area contributed by atoms with Crippen LogP contribution in [0.25, 0.3) is 11.0 Å². The van der Waals surface area contributed by atoms with Crippen LogP contribution in [-0.2, 0) is 13.2 Å². The summed E-state index contributed by atoms with van der Waals surface area (Å²) in [4.78, 5) is 0. The summed E-state index contributed by atoms with van der Waals surface area (Å²) in [7, 11) is 1.45. The van der Waals surface area contributed by atoms with Crippen LogP contribution in [0.2, 0.25) is 0 Å². The van der Waals surface area contributed by atoms with Crippen LogP contribution in [0.1, 0.15) is 11.1 Å². The van der Waals surface area contributed by atoms with Crippen molar-refractivity contribution < 1.29 is 13.2 Å². The molecule has 2 aromatic rings. The van der Waals surface area contributed by atoms with E-state index in [0.717, 1.165) is 10.7 Å². The molecule has 0 fully saturated rings. The predicted molar refractivity (Wildman–Crippen MR) is 48.2 cm³/mol. The van der Waals surface area contributed by atoms with Gasteiger partial charge in [0.15, 0.2) is 0 Å². The Labute approximate surface area is 83.5 Å². The van der Waals surface area contributed by atoms with E-state index in [0.29, 0.717) is 11.1 Å². The predicted octanol–water partition coefficient (Wildman–Crippen LogP) is 2.30. The van der Waals surface area contributed by atoms with Crippen molar-refractivity contribution in [1.82, 2.24) is 15.0 Å². The molecule has 1 aromatic carbocycles. The van der Waals surface area contributed by atoms with Crippen molar-refractivity contribution in [3.05, 3.63) is 23.3 Å². The van der Waals surface area contributed by atoms with Gasteiger partial charge in [-0.15, -0.1) is 5.10 Å². The summed E-state index contributed by atoms with van der Waals surface area (Å²) in [5.41, 5.74) is 0.316. The fourth-order valence-corrected chi connectivity index (χ4v) is 1.52. The van der Waals surface area contributed by atoms with Gasteiger partial charge in [-0.1, -0.05) is 11.3 Å². The molecule has 1 heterocycles.